The Balaban J connectivity index is 3.39. The molecule has 0 aromatic heterocycles. The third-order valence-corrected chi connectivity index (χ3v) is 2.43. The lowest BCUT2D eigenvalue weighted by Crippen LogP contribution is -1.95. The number of rotatable bonds is 3. The summed E-state index contributed by atoms with van der Waals surface area (Å²) in [5.41, 5.74) is 4.89. The Hall–Kier alpha value is -1.30. The van der Waals surface area contributed by atoms with E-state index in [-0.39, 0.29) is 0 Å². The normalized spacial score (nSPS) is 10.3. The quantitative estimate of drug-likeness (QED) is 0.652. The summed E-state index contributed by atoms with van der Waals surface area (Å²) in [6.45, 7) is 14.3. The van der Waals surface area contributed by atoms with Crippen LogP contribution in [0.1, 0.15) is 43.4 Å². The Labute approximate surface area is 87.0 Å². The van der Waals surface area contributed by atoms with Gasteiger partial charge in [0.15, 0.2) is 0 Å². The molecule has 1 aromatic rings. The van der Waals surface area contributed by atoms with E-state index in [2.05, 4.69) is 45.2 Å². The second-order valence-corrected chi connectivity index (χ2v) is 3.95. The van der Waals surface area contributed by atoms with E-state index in [1.165, 1.54) is 16.7 Å². The van der Waals surface area contributed by atoms with Gasteiger partial charge in [-0.15, -0.1) is 0 Å². The number of hydrogen-bond acceptors (Lipinski definition) is 0. The van der Waals surface area contributed by atoms with Crippen molar-refractivity contribution in [2.75, 3.05) is 0 Å². The van der Waals surface area contributed by atoms with Crippen LogP contribution in [-0.2, 0) is 0 Å². The van der Waals surface area contributed by atoms with Crippen molar-refractivity contribution in [2.45, 2.75) is 26.7 Å². The van der Waals surface area contributed by atoms with Crippen LogP contribution in [0, 0.1) is 0 Å². The van der Waals surface area contributed by atoms with Crippen molar-refractivity contribution in [3.8, 4) is 0 Å². The van der Waals surface area contributed by atoms with Gasteiger partial charge in [0.1, 0.15) is 0 Å². The van der Waals surface area contributed by atoms with Crippen molar-refractivity contribution in [1.29, 1.82) is 0 Å². The highest BCUT2D eigenvalue weighted by molar-refractivity contribution is 5.73. The first-order valence-corrected chi connectivity index (χ1v) is 4.99. The van der Waals surface area contributed by atoms with Gasteiger partial charge in [-0.2, -0.15) is 0 Å². The molecule has 0 aliphatic carbocycles. The lowest BCUT2D eigenvalue weighted by molar-refractivity contribution is 0.863. The molecule has 0 N–H and O–H groups in total. The van der Waals surface area contributed by atoms with Crippen LogP contribution >= 0.6 is 0 Å². The van der Waals surface area contributed by atoms with Gasteiger partial charge < -0.3 is 0 Å². The molecule has 0 heterocycles. The second-order valence-electron chi connectivity index (χ2n) is 3.95. The first-order chi connectivity index (χ1) is 6.57. The summed E-state index contributed by atoms with van der Waals surface area (Å²) in [5, 5.41) is 0. The van der Waals surface area contributed by atoms with Gasteiger partial charge in [-0.25, -0.2) is 0 Å². The topological polar surface area (TPSA) is 0 Å². The van der Waals surface area contributed by atoms with E-state index in [4.69, 9.17) is 0 Å². The first kappa shape index (κ1) is 10.8. The highest BCUT2D eigenvalue weighted by Crippen LogP contribution is 2.27. The summed E-state index contributed by atoms with van der Waals surface area (Å²) in [5.74, 6) is 0.530. The van der Waals surface area contributed by atoms with Crippen LogP contribution < -0.4 is 0 Å². The van der Waals surface area contributed by atoms with Crippen molar-refractivity contribution in [1.82, 2.24) is 0 Å². The molecule has 0 spiro atoms. The molecule has 0 saturated heterocycles. The molecule has 74 valence electrons. The lowest BCUT2D eigenvalue weighted by Gasteiger charge is -2.14. The fourth-order valence-electron chi connectivity index (χ4n) is 1.69. The zero-order valence-electron chi connectivity index (χ0n) is 9.30. The zero-order chi connectivity index (χ0) is 10.7. The Bertz CT molecular complexity index is 356. The smallest absolute Gasteiger partial charge is 0.0153 e. The molecule has 0 atom stereocenters. The van der Waals surface area contributed by atoms with Gasteiger partial charge in [-0.1, -0.05) is 56.9 Å². The first-order valence-electron chi connectivity index (χ1n) is 4.99. The molecule has 0 radical (unpaired) electrons. The maximum Gasteiger partial charge on any atom is -0.0153 e. The fourth-order valence-corrected chi connectivity index (χ4v) is 1.69. The van der Waals surface area contributed by atoms with Crippen molar-refractivity contribution >= 4 is 11.6 Å². The maximum atomic E-state index is 3.99. The largest absolute Gasteiger partial charge is 0.0984 e. The zero-order valence-corrected chi connectivity index (χ0v) is 9.30. The average molecular weight is 186 g/mol. The number of allylic oxidation sites excluding steroid dienone is 1. The number of benzene rings is 1. The third kappa shape index (κ3) is 1.95. The molecular weight excluding hydrogens is 168 g/mol. The summed E-state index contributed by atoms with van der Waals surface area (Å²) in [6.07, 6.45) is 1.93. The second kappa shape index (κ2) is 4.28. The standard InChI is InChI=1S/C14H18/c1-6-12-13(10(2)3)8-7-9-14(12)11(4)5/h6-9,11H,1-2H2,3-5H3. The Morgan fingerprint density at radius 2 is 2.00 bits per heavy atom. The highest BCUT2D eigenvalue weighted by atomic mass is 14.1. The van der Waals surface area contributed by atoms with Gasteiger partial charge in [0.25, 0.3) is 0 Å². The van der Waals surface area contributed by atoms with Crippen molar-refractivity contribution in [2.24, 2.45) is 0 Å². The average Bonchev–Trinajstić information content (AvgIpc) is 2.16. The van der Waals surface area contributed by atoms with Crippen LogP contribution in [0.4, 0.5) is 0 Å². The van der Waals surface area contributed by atoms with Crippen LogP contribution in [-0.4, -0.2) is 0 Å². The molecule has 0 bridgehead atoms. The highest BCUT2D eigenvalue weighted by Gasteiger charge is 2.08. The molecule has 0 amide bonds. The van der Waals surface area contributed by atoms with Crippen LogP contribution in [0.5, 0.6) is 0 Å². The monoisotopic (exact) mass is 186 g/mol. The van der Waals surface area contributed by atoms with Crippen LogP contribution in [0.2, 0.25) is 0 Å². The molecule has 0 unspecified atom stereocenters. The van der Waals surface area contributed by atoms with E-state index in [1.54, 1.807) is 0 Å². The van der Waals surface area contributed by atoms with Crippen LogP contribution in [0.3, 0.4) is 0 Å². The third-order valence-electron chi connectivity index (χ3n) is 2.43. The molecule has 14 heavy (non-hydrogen) atoms. The van der Waals surface area contributed by atoms with E-state index in [0.29, 0.717) is 5.92 Å². The fraction of sp³-hybridized carbons (Fsp3) is 0.286. The molecular formula is C14H18. The van der Waals surface area contributed by atoms with Crippen molar-refractivity contribution < 1.29 is 0 Å². The van der Waals surface area contributed by atoms with Gasteiger partial charge in [0, 0.05) is 0 Å². The molecule has 1 aromatic carbocycles. The molecule has 0 saturated carbocycles. The molecule has 0 aliphatic rings. The minimum atomic E-state index is 0.530. The van der Waals surface area contributed by atoms with Gasteiger partial charge in [-0.3, -0.25) is 0 Å². The molecule has 0 nitrogen and oxygen atoms in total. The minimum absolute atomic E-state index is 0.530. The number of hydrogen-bond donors (Lipinski definition) is 0. The Morgan fingerprint density at radius 3 is 2.43 bits per heavy atom. The maximum absolute atomic E-state index is 3.99. The Kier molecular flexibility index (Phi) is 3.29. The van der Waals surface area contributed by atoms with E-state index in [0.717, 1.165) is 5.57 Å². The van der Waals surface area contributed by atoms with Gasteiger partial charge in [0.05, 0.1) is 0 Å². The summed E-state index contributed by atoms with van der Waals surface area (Å²) < 4.78 is 0. The molecule has 0 fully saturated rings. The lowest BCUT2D eigenvalue weighted by atomic mass is 9.91. The predicted octanol–water partition coefficient (Wildman–Crippen LogP) is 4.49. The van der Waals surface area contributed by atoms with E-state index < -0.39 is 0 Å². The SMILES string of the molecule is C=Cc1c(C(=C)C)cccc1C(C)C. The van der Waals surface area contributed by atoms with E-state index in [1.807, 2.05) is 13.0 Å². The van der Waals surface area contributed by atoms with Gasteiger partial charge >= 0.3 is 0 Å². The molecule has 1 rings (SSSR count). The van der Waals surface area contributed by atoms with Gasteiger partial charge in [-0.05, 0) is 29.5 Å². The van der Waals surface area contributed by atoms with Crippen molar-refractivity contribution in [3.63, 3.8) is 0 Å². The van der Waals surface area contributed by atoms with E-state index >= 15 is 0 Å². The Morgan fingerprint density at radius 1 is 1.36 bits per heavy atom. The van der Waals surface area contributed by atoms with Crippen LogP contribution in [0.15, 0.2) is 31.4 Å². The van der Waals surface area contributed by atoms with Crippen molar-refractivity contribution in [3.05, 3.63) is 48.0 Å². The van der Waals surface area contributed by atoms with E-state index in [9.17, 15) is 0 Å². The van der Waals surface area contributed by atoms with Gasteiger partial charge in [0.2, 0.25) is 0 Å². The summed E-state index contributed by atoms with van der Waals surface area (Å²) >= 11 is 0. The molecule has 0 aliphatic heterocycles. The summed E-state index contributed by atoms with van der Waals surface area (Å²) in [4.78, 5) is 0. The minimum Gasteiger partial charge on any atom is -0.0984 e. The summed E-state index contributed by atoms with van der Waals surface area (Å²) in [7, 11) is 0. The summed E-state index contributed by atoms with van der Waals surface area (Å²) in [6, 6.07) is 6.35. The predicted molar refractivity (Wildman–Crippen MR) is 65.3 cm³/mol. The molecule has 0 heteroatoms. The van der Waals surface area contributed by atoms with Crippen LogP contribution in [0.25, 0.3) is 11.6 Å².